The molecule has 23 heavy (non-hydrogen) atoms. The molecule has 1 aliphatic heterocycles. The molecule has 3 rings (SSSR count). The molecular formula is C16H22N4O3. The van der Waals surface area contributed by atoms with Gasteiger partial charge in [-0.15, -0.1) is 0 Å². The summed E-state index contributed by atoms with van der Waals surface area (Å²) in [5.41, 5.74) is 2.34. The summed E-state index contributed by atoms with van der Waals surface area (Å²) in [5, 5.41) is 8.98. The zero-order chi connectivity index (χ0) is 17.0. The minimum atomic E-state index is -1.07. The number of carbonyl (C=O) groups is 2. The van der Waals surface area contributed by atoms with Crippen LogP contribution in [-0.4, -0.2) is 50.0 Å². The predicted molar refractivity (Wildman–Crippen MR) is 86.4 cm³/mol. The first kappa shape index (κ1) is 16.9. The molecule has 7 heteroatoms. The molecule has 0 saturated carbocycles. The molecule has 0 aromatic carbocycles. The Balaban J connectivity index is 0.000000924. The van der Waals surface area contributed by atoms with Gasteiger partial charge in [-0.2, -0.15) is 0 Å². The Kier molecular flexibility index (Phi) is 5.31. The van der Waals surface area contributed by atoms with Crippen molar-refractivity contribution in [2.45, 2.75) is 32.6 Å². The smallest absolute Gasteiger partial charge is 0.356 e. The number of aromatic carboxylic acids is 1. The molecule has 1 amide bonds. The maximum atomic E-state index is 11.0. The van der Waals surface area contributed by atoms with Gasteiger partial charge in [-0.05, 0) is 18.9 Å². The normalized spacial score (nSPS) is 15.2. The number of carboxylic acid groups (broad SMARTS) is 1. The summed E-state index contributed by atoms with van der Waals surface area (Å²) in [6, 6.07) is 1.91. The van der Waals surface area contributed by atoms with E-state index in [1.807, 2.05) is 31.5 Å². The molecule has 1 fully saturated rings. The minimum Gasteiger partial charge on any atom is -0.476 e. The molecule has 3 heterocycles. The lowest BCUT2D eigenvalue weighted by atomic mass is 9.94. The van der Waals surface area contributed by atoms with E-state index >= 15 is 0 Å². The van der Waals surface area contributed by atoms with Gasteiger partial charge in [0.2, 0.25) is 6.41 Å². The van der Waals surface area contributed by atoms with Crippen LogP contribution < -0.4 is 0 Å². The average Bonchev–Trinajstić information content (AvgIpc) is 2.93. The largest absolute Gasteiger partial charge is 0.476 e. The van der Waals surface area contributed by atoms with Crippen molar-refractivity contribution in [3.8, 4) is 0 Å². The summed E-state index contributed by atoms with van der Waals surface area (Å²) in [5.74, 6) is -0.732. The molecule has 1 saturated heterocycles. The Morgan fingerprint density at radius 1 is 1.35 bits per heavy atom. The van der Waals surface area contributed by atoms with Crippen molar-refractivity contribution in [1.29, 1.82) is 0 Å². The zero-order valence-corrected chi connectivity index (χ0v) is 13.7. The van der Waals surface area contributed by atoms with Gasteiger partial charge in [-0.1, -0.05) is 13.8 Å². The van der Waals surface area contributed by atoms with E-state index in [-0.39, 0.29) is 5.69 Å². The van der Waals surface area contributed by atoms with Gasteiger partial charge in [0.15, 0.2) is 11.3 Å². The maximum Gasteiger partial charge on any atom is 0.356 e. The summed E-state index contributed by atoms with van der Waals surface area (Å²) < 4.78 is 1.97. The van der Waals surface area contributed by atoms with Crippen molar-refractivity contribution in [1.82, 2.24) is 19.4 Å². The fourth-order valence-electron chi connectivity index (χ4n) is 2.91. The zero-order valence-electron chi connectivity index (χ0n) is 13.7. The van der Waals surface area contributed by atoms with Gasteiger partial charge < -0.3 is 14.6 Å². The van der Waals surface area contributed by atoms with Crippen LogP contribution in [0, 0.1) is 0 Å². The molecule has 2 aromatic heterocycles. The van der Waals surface area contributed by atoms with Gasteiger partial charge in [-0.3, -0.25) is 4.79 Å². The summed E-state index contributed by atoms with van der Waals surface area (Å²) in [4.78, 5) is 31.8. The Morgan fingerprint density at radius 3 is 2.57 bits per heavy atom. The molecule has 0 spiro atoms. The van der Waals surface area contributed by atoms with E-state index in [4.69, 9.17) is 5.11 Å². The molecular weight excluding hydrogens is 296 g/mol. The molecule has 0 bridgehead atoms. The van der Waals surface area contributed by atoms with Crippen LogP contribution in [0.5, 0.6) is 0 Å². The fourth-order valence-corrected chi connectivity index (χ4v) is 2.91. The highest BCUT2D eigenvalue weighted by Gasteiger charge is 2.23. The van der Waals surface area contributed by atoms with Gasteiger partial charge in [0.1, 0.15) is 5.52 Å². The number of aromatic nitrogens is 3. The molecule has 0 atom stereocenters. The second-order valence-corrected chi connectivity index (χ2v) is 5.31. The van der Waals surface area contributed by atoms with E-state index in [1.165, 1.54) is 6.20 Å². The van der Waals surface area contributed by atoms with Crippen LogP contribution in [0.15, 0.2) is 12.3 Å². The van der Waals surface area contributed by atoms with E-state index in [2.05, 4.69) is 9.97 Å². The number of rotatable bonds is 3. The first-order valence-corrected chi connectivity index (χ1v) is 7.85. The summed E-state index contributed by atoms with van der Waals surface area (Å²) in [7, 11) is 1.92. The predicted octanol–water partition coefficient (Wildman–Crippen LogP) is 2.03. The number of carbonyl (C=O) groups excluding carboxylic acids is 1. The maximum absolute atomic E-state index is 11.0. The highest BCUT2D eigenvalue weighted by molar-refractivity contribution is 5.87. The quantitative estimate of drug-likeness (QED) is 0.875. The molecule has 1 aliphatic rings. The van der Waals surface area contributed by atoms with Gasteiger partial charge in [0.05, 0.1) is 6.20 Å². The van der Waals surface area contributed by atoms with Crippen LogP contribution in [0.25, 0.3) is 11.2 Å². The van der Waals surface area contributed by atoms with Gasteiger partial charge in [-0.25, -0.2) is 14.8 Å². The molecule has 2 aromatic rings. The van der Waals surface area contributed by atoms with Crippen LogP contribution in [0.4, 0.5) is 0 Å². The van der Waals surface area contributed by atoms with Crippen LogP contribution in [0.3, 0.4) is 0 Å². The Morgan fingerprint density at radius 2 is 2.00 bits per heavy atom. The van der Waals surface area contributed by atoms with Crippen molar-refractivity contribution in [2.75, 3.05) is 13.1 Å². The van der Waals surface area contributed by atoms with Crippen molar-refractivity contribution >= 4 is 23.5 Å². The third kappa shape index (κ3) is 3.33. The van der Waals surface area contributed by atoms with Crippen molar-refractivity contribution in [3.63, 3.8) is 0 Å². The lowest BCUT2D eigenvalue weighted by Crippen LogP contribution is -2.32. The van der Waals surface area contributed by atoms with E-state index < -0.39 is 5.97 Å². The topological polar surface area (TPSA) is 88.3 Å². The standard InChI is InChI=1S/C14H16N4O3.C2H6/c1-17-12(9-2-4-18(8-19)5-3-9)6-10-13(17)15-7-11(16-10)14(20)21;1-2/h6-9H,2-5H2,1H3,(H,20,21);1-2H3. The first-order valence-electron chi connectivity index (χ1n) is 7.85. The van der Waals surface area contributed by atoms with Crippen LogP contribution in [-0.2, 0) is 11.8 Å². The Hall–Kier alpha value is -2.44. The van der Waals surface area contributed by atoms with E-state index in [1.54, 1.807) is 4.90 Å². The van der Waals surface area contributed by atoms with E-state index in [0.29, 0.717) is 17.1 Å². The SMILES string of the molecule is CC.Cn1c(C2CCN(C=O)CC2)cc2nc(C(=O)O)cnc21. The van der Waals surface area contributed by atoms with Crippen LogP contribution in [0.2, 0.25) is 0 Å². The molecule has 0 radical (unpaired) electrons. The molecule has 1 N–H and O–H groups in total. The molecule has 124 valence electrons. The number of nitrogens with zero attached hydrogens (tertiary/aromatic N) is 4. The highest BCUT2D eigenvalue weighted by Crippen LogP contribution is 2.30. The van der Waals surface area contributed by atoms with Crippen LogP contribution >= 0.6 is 0 Å². The molecule has 7 nitrogen and oxygen atoms in total. The number of aryl methyl sites for hydroxylation is 1. The monoisotopic (exact) mass is 318 g/mol. The number of carboxylic acids is 1. The molecule has 0 unspecified atom stereocenters. The lowest BCUT2D eigenvalue weighted by molar-refractivity contribution is -0.119. The lowest BCUT2D eigenvalue weighted by Gasteiger charge is -2.29. The highest BCUT2D eigenvalue weighted by atomic mass is 16.4. The number of amides is 1. The second-order valence-electron chi connectivity index (χ2n) is 5.31. The number of hydrogen-bond donors (Lipinski definition) is 1. The average molecular weight is 318 g/mol. The van der Waals surface area contributed by atoms with E-state index in [0.717, 1.165) is 38.0 Å². The van der Waals surface area contributed by atoms with Crippen molar-refractivity contribution < 1.29 is 14.7 Å². The first-order chi connectivity index (χ1) is 11.1. The minimum absolute atomic E-state index is 0.0459. The Labute approximate surface area is 134 Å². The fraction of sp³-hybridized carbons (Fsp3) is 0.500. The van der Waals surface area contributed by atoms with Crippen LogP contribution in [0.1, 0.15) is 48.8 Å². The van der Waals surface area contributed by atoms with Crippen molar-refractivity contribution in [2.24, 2.45) is 7.05 Å². The van der Waals surface area contributed by atoms with Crippen molar-refractivity contribution in [3.05, 3.63) is 23.7 Å². The number of fused-ring (bicyclic) bond motifs is 1. The second kappa shape index (κ2) is 7.21. The number of hydrogen-bond acceptors (Lipinski definition) is 4. The van der Waals surface area contributed by atoms with Gasteiger partial charge >= 0.3 is 5.97 Å². The van der Waals surface area contributed by atoms with E-state index in [9.17, 15) is 9.59 Å². The Bertz CT molecular complexity index is 703. The summed E-state index contributed by atoms with van der Waals surface area (Å²) in [6.45, 7) is 5.49. The molecule has 0 aliphatic carbocycles. The number of piperidine rings is 1. The summed E-state index contributed by atoms with van der Waals surface area (Å²) in [6.07, 6.45) is 3.97. The third-order valence-electron chi connectivity index (χ3n) is 4.08. The summed E-state index contributed by atoms with van der Waals surface area (Å²) >= 11 is 0. The third-order valence-corrected chi connectivity index (χ3v) is 4.08. The van der Waals surface area contributed by atoms with Gasteiger partial charge in [0, 0.05) is 31.7 Å². The number of likely N-dealkylation sites (tertiary alicyclic amines) is 1. The van der Waals surface area contributed by atoms with Gasteiger partial charge in [0.25, 0.3) is 0 Å².